The third-order valence-corrected chi connectivity index (χ3v) is 2.08. The van der Waals surface area contributed by atoms with E-state index in [-0.39, 0.29) is 5.82 Å². The van der Waals surface area contributed by atoms with Crippen LogP contribution in [0.4, 0.5) is 10.1 Å². The Morgan fingerprint density at radius 1 is 1.46 bits per heavy atom. The van der Waals surface area contributed by atoms with Gasteiger partial charge in [0, 0.05) is 24.7 Å². The molecular formula is C10H13ClFN. The molecule has 0 aliphatic heterocycles. The maximum Gasteiger partial charge on any atom is 0.125 e. The molecule has 0 aliphatic carbocycles. The summed E-state index contributed by atoms with van der Waals surface area (Å²) in [7, 11) is 0. The summed E-state index contributed by atoms with van der Waals surface area (Å²) in [5.74, 6) is 0.357. The summed E-state index contributed by atoms with van der Waals surface area (Å²) in [5.41, 5.74) is 0.892. The summed E-state index contributed by atoms with van der Waals surface area (Å²) >= 11 is 5.63. The second kappa shape index (κ2) is 5.07. The van der Waals surface area contributed by atoms with Gasteiger partial charge < -0.3 is 4.90 Å². The first-order chi connectivity index (χ1) is 6.27. The van der Waals surface area contributed by atoms with Gasteiger partial charge in [-0.05, 0) is 25.1 Å². The lowest BCUT2D eigenvalue weighted by molar-refractivity contribution is 0.627. The Hall–Kier alpha value is -0.760. The highest BCUT2D eigenvalue weighted by Crippen LogP contribution is 2.14. The molecule has 0 atom stereocenters. The molecule has 72 valence electrons. The summed E-state index contributed by atoms with van der Waals surface area (Å²) in [6.45, 7) is 3.62. The van der Waals surface area contributed by atoms with E-state index in [0.717, 1.165) is 18.8 Å². The maximum atomic E-state index is 12.8. The van der Waals surface area contributed by atoms with Crippen molar-refractivity contribution in [2.24, 2.45) is 0 Å². The van der Waals surface area contributed by atoms with Gasteiger partial charge in [-0.15, -0.1) is 11.6 Å². The Bertz CT molecular complexity index is 265. The second-order valence-corrected chi connectivity index (χ2v) is 3.13. The molecular weight excluding hydrogens is 189 g/mol. The van der Waals surface area contributed by atoms with Crippen molar-refractivity contribution in [1.29, 1.82) is 0 Å². The molecule has 0 heterocycles. The summed E-state index contributed by atoms with van der Waals surface area (Å²) in [6, 6.07) is 6.56. The summed E-state index contributed by atoms with van der Waals surface area (Å²) in [6.07, 6.45) is 0. The van der Waals surface area contributed by atoms with Crippen LogP contribution in [0.3, 0.4) is 0 Å². The Balaban J connectivity index is 2.78. The van der Waals surface area contributed by atoms with Crippen LogP contribution in [0, 0.1) is 5.82 Å². The molecule has 0 spiro atoms. The van der Waals surface area contributed by atoms with Gasteiger partial charge in [0.25, 0.3) is 0 Å². The van der Waals surface area contributed by atoms with Crippen LogP contribution in [-0.4, -0.2) is 19.0 Å². The molecule has 0 aliphatic rings. The van der Waals surface area contributed by atoms with Crippen molar-refractivity contribution in [3.63, 3.8) is 0 Å². The van der Waals surface area contributed by atoms with E-state index in [0.29, 0.717) is 5.88 Å². The predicted molar refractivity (Wildman–Crippen MR) is 55.0 cm³/mol. The lowest BCUT2D eigenvalue weighted by Crippen LogP contribution is -2.24. The Morgan fingerprint density at radius 3 is 2.77 bits per heavy atom. The van der Waals surface area contributed by atoms with Crippen LogP contribution in [0.15, 0.2) is 24.3 Å². The quantitative estimate of drug-likeness (QED) is 0.678. The zero-order valence-corrected chi connectivity index (χ0v) is 8.39. The number of benzene rings is 1. The summed E-state index contributed by atoms with van der Waals surface area (Å²) in [4.78, 5) is 2.04. The van der Waals surface area contributed by atoms with E-state index < -0.39 is 0 Å². The molecule has 1 rings (SSSR count). The molecule has 3 heteroatoms. The van der Waals surface area contributed by atoms with E-state index in [1.807, 2.05) is 17.9 Å². The first-order valence-electron chi connectivity index (χ1n) is 4.34. The SMILES string of the molecule is CCN(CCCl)c1cccc(F)c1. The summed E-state index contributed by atoms with van der Waals surface area (Å²) in [5, 5.41) is 0. The topological polar surface area (TPSA) is 3.24 Å². The van der Waals surface area contributed by atoms with Gasteiger partial charge in [-0.25, -0.2) is 4.39 Å². The number of halogens is 2. The van der Waals surface area contributed by atoms with E-state index in [4.69, 9.17) is 11.6 Å². The number of rotatable bonds is 4. The van der Waals surface area contributed by atoms with E-state index >= 15 is 0 Å². The van der Waals surface area contributed by atoms with Crippen LogP contribution < -0.4 is 4.90 Å². The highest BCUT2D eigenvalue weighted by atomic mass is 35.5. The minimum absolute atomic E-state index is 0.203. The second-order valence-electron chi connectivity index (χ2n) is 2.75. The molecule has 0 bridgehead atoms. The third kappa shape index (κ3) is 2.88. The fourth-order valence-electron chi connectivity index (χ4n) is 1.24. The standard InChI is InChI=1S/C10H13ClFN/c1-2-13(7-6-11)10-5-3-4-9(12)8-10/h3-5,8H,2,6-7H2,1H3. The Morgan fingerprint density at radius 2 is 2.23 bits per heavy atom. The van der Waals surface area contributed by atoms with Gasteiger partial charge >= 0.3 is 0 Å². The van der Waals surface area contributed by atoms with Crippen LogP contribution >= 0.6 is 11.6 Å². The largest absolute Gasteiger partial charge is 0.371 e. The average Bonchev–Trinajstić information content (AvgIpc) is 2.14. The third-order valence-electron chi connectivity index (χ3n) is 1.91. The van der Waals surface area contributed by atoms with Crippen molar-refractivity contribution in [2.45, 2.75) is 6.92 Å². The molecule has 0 saturated carbocycles. The smallest absolute Gasteiger partial charge is 0.125 e. The Labute approximate surface area is 83.1 Å². The van der Waals surface area contributed by atoms with Gasteiger partial charge in [-0.2, -0.15) is 0 Å². The molecule has 1 aromatic carbocycles. The summed E-state index contributed by atoms with van der Waals surface area (Å²) < 4.78 is 12.8. The molecule has 0 radical (unpaired) electrons. The molecule has 0 N–H and O–H groups in total. The van der Waals surface area contributed by atoms with Crippen LogP contribution in [-0.2, 0) is 0 Å². The first kappa shape index (κ1) is 10.3. The van der Waals surface area contributed by atoms with E-state index in [1.165, 1.54) is 12.1 Å². The van der Waals surface area contributed by atoms with Crippen molar-refractivity contribution in [3.05, 3.63) is 30.1 Å². The van der Waals surface area contributed by atoms with Gasteiger partial charge in [0.2, 0.25) is 0 Å². The van der Waals surface area contributed by atoms with Crippen LogP contribution in [0.1, 0.15) is 6.92 Å². The molecule has 0 aromatic heterocycles. The molecule has 0 unspecified atom stereocenters. The van der Waals surface area contributed by atoms with Gasteiger partial charge in [0.15, 0.2) is 0 Å². The molecule has 1 aromatic rings. The highest BCUT2D eigenvalue weighted by Gasteiger charge is 2.03. The predicted octanol–water partition coefficient (Wildman–Crippen LogP) is 2.89. The van der Waals surface area contributed by atoms with Crippen molar-refractivity contribution in [2.75, 3.05) is 23.9 Å². The molecule has 0 amide bonds. The number of nitrogens with zero attached hydrogens (tertiary/aromatic N) is 1. The van der Waals surface area contributed by atoms with E-state index in [1.54, 1.807) is 6.07 Å². The van der Waals surface area contributed by atoms with E-state index in [2.05, 4.69) is 0 Å². The van der Waals surface area contributed by atoms with Crippen molar-refractivity contribution in [1.82, 2.24) is 0 Å². The van der Waals surface area contributed by atoms with E-state index in [9.17, 15) is 4.39 Å². The first-order valence-corrected chi connectivity index (χ1v) is 4.88. The number of anilines is 1. The van der Waals surface area contributed by atoms with Gasteiger partial charge in [0.05, 0.1) is 0 Å². The number of hydrogen-bond donors (Lipinski definition) is 0. The lowest BCUT2D eigenvalue weighted by Gasteiger charge is -2.21. The number of alkyl halides is 1. The molecule has 1 nitrogen and oxygen atoms in total. The average molecular weight is 202 g/mol. The molecule has 0 saturated heterocycles. The van der Waals surface area contributed by atoms with Crippen LogP contribution in [0.25, 0.3) is 0 Å². The fourth-order valence-corrected chi connectivity index (χ4v) is 1.45. The van der Waals surface area contributed by atoms with Gasteiger partial charge in [-0.1, -0.05) is 6.07 Å². The minimum Gasteiger partial charge on any atom is -0.371 e. The zero-order chi connectivity index (χ0) is 9.68. The Kier molecular flexibility index (Phi) is 4.03. The monoisotopic (exact) mass is 201 g/mol. The fraction of sp³-hybridized carbons (Fsp3) is 0.400. The maximum absolute atomic E-state index is 12.8. The molecule has 13 heavy (non-hydrogen) atoms. The van der Waals surface area contributed by atoms with Crippen molar-refractivity contribution >= 4 is 17.3 Å². The lowest BCUT2D eigenvalue weighted by atomic mass is 10.3. The van der Waals surface area contributed by atoms with Crippen molar-refractivity contribution in [3.8, 4) is 0 Å². The normalized spacial score (nSPS) is 10.1. The van der Waals surface area contributed by atoms with Gasteiger partial charge in [-0.3, -0.25) is 0 Å². The van der Waals surface area contributed by atoms with Crippen molar-refractivity contribution < 1.29 is 4.39 Å². The number of hydrogen-bond acceptors (Lipinski definition) is 1. The van der Waals surface area contributed by atoms with Gasteiger partial charge in [0.1, 0.15) is 5.82 Å². The van der Waals surface area contributed by atoms with Crippen LogP contribution in [0.2, 0.25) is 0 Å². The van der Waals surface area contributed by atoms with Crippen LogP contribution in [0.5, 0.6) is 0 Å². The molecule has 0 fully saturated rings. The minimum atomic E-state index is -0.203. The highest BCUT2D eigenvalue weighted by molar-refractivity contribution is 6.18. The zero-order valence-electron chi connectivity index (χ0n) is 7.63.